The molecule has 4 nitrogen and oxygen atoms in total. The second-order valence-electron chi connectivity index (χ2n) is 6.67. The second kappa shape index (κ2) is 7.53. The first-order valence-corrected chi connectivity index (χ1v) is 9.30. The van der Waals surface area contributed by atoms with Gasteiger partial charge in [0.15, 0.2) is 0 Å². The molecule has 0 bridgehead atoms. The molecule has 0 radical (unpaired) electrons. The first-order valence-electron chi connectivity index (χ1n) is 8.92. The van der Waals surface area contributed by atoms with Crippen molar-refractivity contribution in [1.29, 1.82) is 0 Å². The van der Waals surface area contributed by atoms with Crippen LogP contribution in [0.5, 0.6) is 0 Å². The van der Waals surface area contributed by atoms with Crippen molar-refractivity contribution in [2.45, 2.75) is 6.92 Å². The molecule has 0 spiro atoms. The van der Waals surface area contributed by atoms with Gasteiger partial charge in [-0.2, -0.15) is 0 Å². The molecule has 0 aromatic heterocycles. The maximum absolute atomic E-state index is 13.4. The zero-order chi connectivity index (χ0) is 20.5. The van der Waals surface area contributed by atoms with Crippen LogP contribution in [-0.4, -0.2) is 11.8 Å². The van der Waals surface area contributed by atoms with Gasteiger partial charge in [0.25, 0.3) is 11.8 Å². The Balaban J connectivity index is 1.80. The Hall–Kier alpha value is -3.44. The molecule has 144 valence electrons. The van der Waals surface area contributed by atoms with E-state index in [-0.39, 0.29) is 11.3 Å². The molecule has 1 N–H and O–H groups in total. The molecule has 4 rings (SSSR count). The zero-order valence-corrected chi connectivity index (χ0v) is 16.2. The standard InChI is InChI=1S/C23H16ClFN2O2/c1-14-2-10-18(11-3-14)26-21-20(15-4-8-17(25)9-5-15)22(28)27(23(21)29)19-12-6-16(24)7-13-19/h2-13,26H,1H3. The van der Waals surface area contributed by atoms with E-state index < -0.39 is 17.6 Å². The number of imide groups is 1. The topological polar surface area (TPSA) is 49.4 Å². The van der Waals surface area contributed by atoms with Crippen molar-refractivity contribution in [3.63, 3.8) is 0 Å². The number of hydrogen-bond donors (Lipinski definition) is 1. The number of carbonyl (C=O) groups is 2. The first-order chi connectivity index (χ1) is 13.9. The number of halogens is 2. The van der Waals surface area contributed by atoms with Crippen LogP contribution < -0.4 is 10.2 Å². The van der Waals surface area contributed by atoms with Crippen molar-refractivity contribution < 1.29 is 14.0 Å². The van der Waals surface area contributed by atoms with E-state index in [9.17, 15) is 14.0 Å². The summed E-state index contributed by atoms with van der Waals surface area (Å²) in [5, 5.41) is 3.57. The number of carbonyl (C=O) groups excluding carboxylic acids is 2. The van der Waals surface area contributed by atoms with E-state index in [0.717, 1.165) is 10.5 Å². The highest BCUT2D eigenvalue weighted by Gasteiger charge is 2.40. The fraction of sp³-hybridized carbons (Fsp3) is 0.0435. The Morgan fingerprint density at radius 1 is 0.828 bits per heavy atom. The number of rotatable bonds is 4. The lowest BCUT2D eigenvalue weighted by atomic mass is 10.0. The highest BCUT2D eigenvalue weighted by Crippen LogP contribution is 2.34. The van der Waals surface area contributed by atoms with Crippen molar-refractivity contribution >= 4 is 40.4 Å². The summed E-state index contributed by atoms with van der Waals surface area (Å²) < 4.78 is 13.4. The molecule has 3 aromatic rings. The van der Waals surface area contributed by atoms with Crippen LogP contribution in [0.1, 0.15) is 11.1 Å². The number of anilines is 2. The summed E-state index contributed by atoms with van der Waals surface area (Å²) in [6, 6.07) is 19.4. The van der Waals surface area contributed by atoms with Crippen LogP contribution in [0.2, 0.25) is 5.02 Å². The van der Waals surface area contributed by atoms with Crippen LogP contribution in [0, 0.1) is 12.7 Å². The molecule has 0 atom stereocenters. The van der Waals surface area contributed by atoms with Crippen LogP contribution in [0.4, 0.5) is 15.8 Å². The molecule has 0 aliphatic carbocycles. The third-order valence-electron chi connectivity index (χ3n) is 4.62. The number of nitrogens with zero attached hydrogens (tertiary/aromatic N) is 1. The minimum atomic E-state index is -0.489. The van der Waals surface area contributed by atoms with E-state index in [4.69, 9.17) is 11.6 Å². The molecular weight excluding hydrogens is 391 g/mol. The molecule has 2 amide bonds. The highest BCUT2D eigenvalue weighted by atomic mass is 35.5. The summed E-state index contributed by atoms with van der Waals surface area (Å²) in [7, 11) is 0. The molecular formula is C23H16ClFN2O2. The summed E-state index contributed by atoms with van der Waals surface area (Å²) in [6.07, 6.45) is 0. The molecule has 0 saturated carbocycles. The monoisotopic (exact) mass is 406 g/mol. The van der Waals surface area contributed by atoms with Crippen LogP contribution in [0.3, 0.4) is 0 Å². The van der Waals surface area contributed by atoms with Crippen molar-refractivity contribution in [3.05, 3.63) is 100 Å². The van der Waals surface area contributed by atoms with E-state index in [1.165, 1.54) is 24.3 Å². The minimum Gasteiger partial charge on any atom is -0.350 e. The van der Waals surface area contributed by atoms with Crippen molar-refractivity contribution in [1.82, 2.24) is 0 Å². The van der Waals surface area contributed by atoms with Crippen LogP contribution in [0.15, 0.2) is 78.5 Å². The Bertz CT molecular complexity index is 1120. The lowest BCUT2D eigenvalue weighted by Gasteiger charge is -2.15. The van der Waals surface area contributed by atoms with Gasteiger partial charge in [-0.05, 0) is 61.0 Å². The predicted octanol–water partition coefficient (Wildman–Crippen LogP) is 5.18. The third kappa shape index (κ3) is 3.65. The van der Waals surface area contributed by atoms with Crippen molar-refractivity contribution in [3.8, 4) is 0 Å². The van der Waals surface area contributed by atoms with E-state index in [2.05, 4.69) is 5.32 Å². The second-order valence-corrected chi connectivity index (χ2v) is 7.11. The smallest absolute Gasteiger partial charge is 0.282 e. The van der Waals surface area contributed by atoms with Gasteiger partial charge in [-0.3, -0.25) is 9.59 Å². The van der Waals surface area contributed by atoms with Crippen LogP contribution >= 0.6 is 11.6 Å². The summed E-state index contributed by atoms with van der Waals surface area (Å²) >= 11 is 5.93. The van der Waals surface area contributed by atoms with E-state index in [0.29, 0.717) is 22.0 Å². The fourth-order valence-electron chi connectivity index (χ4n) is 3.14. The van der Waals surface area contributed by atoms with Crippen LogP contribution in [-0.2, 0) is 9.59 Å². The highest BCUT2D eigenvalue weighted by molar-refractivity contribution is 6.46. The van der Waals surface area contributed by atoms with Gasteiger partial charge >= 0.3 is 0 Å². The van der Waals surface area contributed by atoms with E-state index >= 15 is 0 Å². The van der Waals surface area contributed by atoms with Gasteiger partial charge in [0.2, 0.25) is 0 Å². The van der Waals surface area contributed by atoms with Gasteiger partial charge in [-0.25, -0.2) is 9.29 Å². The Labute approximate surface area is 172 Å². The molecule has 1 aliphatic heterocycles. The lowest BCUT2D eigenvalue weighted by molar-refractivity contribution is -0.120. The van der Waals surface area contributed by atoms with Gasteiger partial charge in [-0.15, -0.1) is 0 Å². The van der Waals surface area contributed by atoms with Crippen molar-refractivity contribution in [2.75, 3.05) is 10.2 Å². The largest absolute Gasteiger partial charge is 0.350 e. The molecule has 0 fully saturated rings. The number of amides is 2. The Morgan fingerprint density at radius 3 is 2.07 bits per heavy atom. The van der Waals surface area contributed by atoms with Crippen LogP contribution in [0.25, 0.3) is 5.57 Å². The van der Waals surface area contributed by atoms with Gasteiger partial charge in [0.1, 0.15) is 11.5 Å². The molecule has 0 saturated heterocycles. The minimum absolute atomic E-state index is 0.139. The number of hydrogen-bond acceptors (Lipinski definition) is 3. The third-order valence-corrected chi connectivity index (χ3v) is 4.87. The average Bonchev–Trinajstić information content (AvgIpc) is 2.95. The summed E-state index contributed by atoms with van der Waals surface area (Å²) in [6.45, 7) is 1.96. The first kappa shape index (κ1) is 18.9. The molecule has 1 aliphatic rings. The van der Waals surface area contributed by atoms with Gasteiger partial charge in [0.05, 0.1) is 11.3 Å². The van der Waals surface area contributed by atoms with Gasteiger partial charge in [-0.1, -0.05) is 41.4 Å². The average molecular weight is 407 g/mol. The summed E-state index contributed by atoms with van der Waals surface area (Å²) in [4.78, 5) is 27.5. The Morgan fingerprint density at radius 2 is 1.45 bits per heavy atom. The quantitative estimate of drug-likeness (QED) is 0.607. The zero-order valence-electron chi connectivity index (χ0n) is 15.4. The maximum atomic E-state index is 13.4. The van der Waals surface area contributed by atoms with Gasteiger partial charge in [0, 0.05) is 10.7 Å². The predicted molar refractivity (Wildman–Crippen MR) is 112 cm³/mol. The molecule has 1 heterocycles. The lowest BCUT2D eigenvalue weighted by Crippen LogP contribution is -2.32. The SMILES string of the molecule is Cc1ccc(NC2=C(c3ccc(F)cc3)C(=O)N(c3ccc(Cl)cc3)C2=O)cc1. The Kier molecular flexibility index (Phi) is 4.91. The van der Waals surface area contributed by atoms with E-state index in [1.807, 2.05) is 31.2 Å². The van der Waals surface area contributed by atoms with E-state index in [1.54, 1.807) is 24.3 Å². The summed E-state index contributed by atoms with van der Waals surface area (Å²) in [5.74, 6) is -1.40. The molecule has 0 unspecified atom stereocenters. The summed E-state index contributed by atoms with van der Waals surface area (Å²) in [5.41, 5.74) is 2.93. The number of benzene rings is 3. The maximum Gasteiger partial charge on any atom is 0.282 e. The number of aryl methyl sites for hydroxylation is 1. The molecule has 6 heteroatoms. The number of nitrogens with one attached hydrogen (secondary N) is 1. The van der Waals surface area contributed by atoms with Crippen molar-refractivity contribution in [2.24, 2.45) is 0 Å². The fourth-order valence-corrected chi connectivity index (χ4v) is 3.26. The van der Waals surface area contributed by atoms with Gasteiger partial charge < -0.3 is 5.32 Å². The molecule has 3 aromatic carbocycles. The normalized spacial score (nSPS) is 14.0. The molecule has 29 heavy (non-hydrogen) atoms.